The zero-order chi connectivity index (χ0) is 12.6. The van der Waals surface area contributed by atoms with E-state index in [9.17, 15) is 0 Å². The quantitative estimate of drug-likeness (QED) is 0.419. The smallest absolute Gasteiger partial charge is 0.0277 e. The van der Waals surface area contributed by atoms with Crippen molar-refractivity contribution in [2.24, 2.45) is 17.3 Å². The average molecular weight is 226 g/mol. The molecule has 0 N–H and O–H groups in total. The van der Waals surface area contributed by atoms with Crippen molar-refractivity contribution >= 4 is 0 Å². The van der Waals surface area contributed by atoms with Gasteiger partial charge in [-0.2, -0.15) is 0 Å². The van der Waals surface area contributed by atoms with Crippen LogP contribution in [0.1, 0.15) is 86.5 Å². The lowest BCUT2D eigenvalue weighted by Gasteiger charge is -2.39. The van der Waals surface area contributed by atoms with Crippen molar-refractivity contribution in [3.05, 3.63) is 0 Å². The molecule has 0 nitrogen and oxygen atoms in total. The van der Waals surface area contributed by atoms with Crippen LogP contribution in [0.25, 0.3) is 0 Å². The van der Waals surface area contributed by atoms with Crippen LogP contribution >= 0.6 is 0 Å². The van der Waals surface area contributed by atoms with Crippen LogP contribution in [0.3, 0.4) is 0 Å². The second-order valence-electron chi connectivity index (χ2n) is 6.13. The first-order valence-corrected chi connectivity index (χ1v) is 7.49. The molecule has 0 aliphatic heterocycles. The first kappa shape index (κ1) is 16.0. The Morgan fingerprint density at radius 1 is 0.875 bits per heavy atom. The van der Waals surface area contributed by atoms with Gasteiger partial charge in [0.15, 0.2) is 0 Å². The third-order valence-corrected chi connectivity index (χ3v) is 4.88. The van der Waals surface area contributed by atoms with Crippen LogP contribution in [-0.4, -0.2) is 0 Å². The highest BCUT2D eigenvalue weighted by molar-refractivity contribution is 4.82. The normalized spacial score (nSPS) is 17.4. The van der Waals surface area contributed by atoms with Crippen LogP contribution in [0.5, 0.6) is 0 Å². The van der Waals surface area contributed by atoms with E-state index >= 15 is 0 Å². The summed E-state index contributed by atoms with van der Waals surface area (Å²) in [5, 5.41) is 0. The molecule has 0 bridgehead atoms. The van der Waals surface area contributed by atoms with Gasteiger partial charge in [-0.15, -0.1) is 0 Å². The van der Waals surface area contributed by atoms with Crippen molar-refractivity contribution in [3.63, 3.8) is 0 Å². The molecule has 0 aliphatic carbocycles. The molecule has 0 heterocycles. The monoisotopic (exact) mass is 226 g/mol. The highest BCUT2D eigenvalue weighted by Gasteiger charge is 2.32. The van der Waals surface area contributed by atoms with E-state index < -0.39 is 0 Å². The van der Waals surface area contributed by atoms with Crippen molar-refractivity contribution < 1.29 is 0 Å². The predicted molar refractivity (Wildman–Crippen MR) is 75.8 cm³/mol. The number of rotatable bonds is 9. The molecule has 0 rings (SSSR count). The fourth-order valence-corrected chi connectivity index (χ4v) is 2.68. The van der Waals surface area contributed by atoms with Crippen LogP contribution in [0.15, 0.2) is 0 Å². The molecule has 16 heavy (non-hydrogen) atoms. The molecule has 0 saturated carbocycles. The maximum atomic E-state index is 2.51. The largest absolute Gasteiger partial charge is 0.0654 e. The molecular weight excluding hydrogens is 192 g/mol. The van der Waals surface area contributed by atoms with Gasteiger partial charge in [0, 0.05) is 0 Å². The second-order valence-corrected chi connectivity index (χ2v) is 6.13. The number of hydrogen-bond donors (Lipinski definition) is 0. The molecule has 0 aliphatic rings. The second kappa shape index (κ2) is 8.14. The van der Waals surface area contributed by atoms with E-state index in [1.54, 1.807) is 0 Å². The van der Waals surface area contributed by atoms with E-state index in [0.29, 0.717) is 5.41 Å². The van der Waals surface area contributed by atoms with Crippen LogP contribution in [-0.2, 0) is 0 Å². The van der Waals surface area contributed by atoms with Gasteiger partial charge in [0.25, 0.3) is 0 Å². The molecule has 0 heteroatoms. The Morgan fingerprint density at radius 2 is 1.44 bits per heavy atom. The summed E-state index contributed by atoms with van der Waals surface area (Å²) in [5.74, 6) is 1.67. The molecule has 0 aromatic heterocycles. The van der Waals surface area contributed by atoms with Crippen LogP contribution < -0.4 is 0 Å². The Hall–Kier alpha value is 0. The number of unbranched alkanes of at least 4 members (excludes halogenated alkanes) is 4. The van der Waals surface area contributed by atoms with E-state index in [1.165, 1.54) is 44.9 Å². The van der Waals surface area contributed by atoms with Gasteiger partial charge in [-0.1, -0.05) is 80.1 Å². The maximum Gasteiger partial charge on any atom is -0.0277 e. The fourth-order valence-electron chi connectivity index (χ4n) is 2.68. The Morgan fingerprint density at radius 3 is 1.88 bits per heavy atom. The topological polar surface area (TPSA) is 0 Å². The third kappa shape index (κ3) is 4.89. The summed E-state index contributed by atoms with van der Waals surface area (Å²) >= 11 is 0. The van der Waals surface area contributed by atoms with E-state index in [0.717, 1.165) is 11.8 Å². The molecule has 0 saturated heterocycles. The average Bonchev–Trinajstić information content (AvgIpc) is 2.27. The molecule has 0 aromatic rings. The van der Waals surface area contributed by atoms with Gasteiger partial charge in [0.1, 0.15) is 0 Å². The Kier molecular flexibility index (Phi) is 8.14. The van der Waals surface area contributed by atoms with Crippen molar-refractivity contribution in [2.45, 2.75) is 86.5 Å². The van der Waals surface area contributed by atoms with Gasteiger partial charge in [-0.3, -0.25) is 0 Å². The lowest BCUT2D eigenvalue weighted by molar-refractivity contribution is 0.104. The van der Waals surface area contributed by atoms with Gasteiger partial charge in [0.05, 0.1) is 0 Å². The number of hydrogen-bond acceptors (Lipinski definition) is 0. The van der Waals surface area contributed by atoms with Gasteiger partial charge in [0.2, 0.25) is 0 Å². The molecule has 2 unspecified atom stereocenters. The molecule has 98 valence electrons. The Labute approximate surface area is 104 Å². The van der Waals surface area contributed by atoms with E-state index in [4.69, 9.17) is 0 Å². The molecule has 0 spiro atoms. The highest BCUT2D eigenvalue weighted by Crippen LogP contribution is 2.41. The van der Waals surface area contributed by atoms with Gasteiger partial charge >= 0.3 is 0 Å². The Bertz CT molecular complexity index is 159. The summed E-state index contributed by atoms with van der Waals surface area (Å²) in [5.41, 5.74) is 0.557. The van der Waals surface area contributed by atoms with Crippen molar-refractivity contribution in [1.29, 1.82) is 0 Å². The first-order chi connectivity index (χ1) is 7.49. The Balaban J connectivity index is 4.03. The summed E-state index contributed by atoms with van der Waals surface area (Å²) in [4.78, 5) is 0. The zero-order valence-corrected chi connectivity index (χ0v) is 12.6. The third-order valence-electron chi connectivity index (χ3n) is 4.88. The van der Waals surface area contributed by atoms with Crippen molar-refractivity contribution in [3.8, 4) is 0 Å². The molecule has 0 aromatic carbocycles. The summed E-state index contributed by atoms with van der Waals surface area (Å²) in [6.45, 7) is 14.4. The van der Waals surface area contributed by atoms with Gasteiger partial charge in [-0.25, -0.2) is 0 Å². The molecular formula is C16H34. The maximum absolute atomic E-state index is 2.51. The highest BCUT2D eigenvalue weighted by atomic mass is 14.4. The van der Waals surface area contributed by atoms with Gasteiger partial charge in [-0.05, 0) is 23.7 Å². The fraction of sp³-hybridized carbons (Fsp3) is 1.00. The summed E-state index contributed by atoms with van der Waals surface area (Å²) < 4.78 is 0. The van der Waals surface area contributed by atoms with Crippen LogP contribution in [0.2, 0.25) is 0 Å². The molecule has 0 amide bonds. The lowest BCUT2D eigenvalue weighted by atomic mass is 9.66. The van der Waals surface area contributed by atoms with E-state index in [2.05, 4.69) is 41.5 Å². The van der Waals surface area contributed by atoms with E-state index in [1.807, 2.05) is 0 Å². The first-order valence-electron chi connectivity index (χ1n) is 7.49. The minimum Gasteiger partial charge on any atom is -0.0654 e. The summed E-state index contributed by atoms with van der Waals surface area (Å²) in [7, 11) is 0. The zero-order valence-electron chi connectivity index (χ0n) is 12.6. The van der Waals surface area contributed by atoms with Crippen molar-refractivity contribution in [2.75, 3.05) is 0 Å². The molecule has 0 radical (unpaired) electrons. The lowest BCUT2D eigenvalue weighted by Crippen LogP contribution is -2.30. The predicted octanol–water partition coefficient (Wildman–Crippen LogP) is 6.06. The minimum absolute atomic E-state index is 0.557. The van der Waals surface area contributed by atoms with Crippen molar-refractivity contribution in [1.82, 2.24) is 0 Å². The van der Waals surface area contributed by atoms with E-state index in [-0.39, 0.29) is 0 Å². The standard InChI is InChI=1S/C16H34/c1-7-9-10-11-12-13-16(6,14(3)4)15(5)8-2/h14-15H,7-13H2,1-6H3. The van der Waals surface area contributed by atoms with Gasteiger partial charge < -0.3 is 0 Å². The SMILES string of the molecule is CCCCCCCC(C)(C(C)C)C(C)CC. The summed E-state index contributed by atoms with van der Waals surface area (Å²) in [6.07, 6.45) is 9.82. The molecule has 0 fully saturated rings. The minimum atomic E-state index is 0.557. The molecule has 2 atom stereocenters. The van der Waals surface area contributed by atoms with Crippen LogP contribution in [0, 0.1) is 17.3 Å². The summed E-state index contributed by atoms with van der Waals surface area (Å²) in [6, 6.07) is 0. The van der Waals surface area contributed by atoms with Crippen LogP contribution in [0.4, 0.5) is 0 Å².